The molecular weight excluding hydrogens is 428 g/mol. The zero-order valence-corrected chi connectivity index (χ0v) is 20.4. The summed E-state index contributed by atoms with van der Waals surface area (Å²) in [5.74, 6) is 0.903. The Kier molecular flexibility index (Phi) is 9.92. The second-order valence-electron chi connectivity index (χ2n) is 8.61. The summed E-state index contributed by atoms with van der Waals surface area (Å²) in [4.78, 5) is 27.9. The van der Waals surface area contributed by atoms with Crippen LogP contribution in [0.1, 0.15) is 45.2 Å². The first kappa shape index (κ1) is 25.3. The third kappa shape index (κ3) is 8.96. The standard InChI is InChI=1S/C25H33ClN2O2S/c1-5-22(24(30)27-25(2,3)4)28(15-14-19-10-7-6-8-11-19)23(29)18-31-17-20-12-9-13-21(26)16-20/h6-13,16,22H,5,14-15,17-18H2,1-4H3,(H,27,30)/t22-/m0/s1. The number of amides is 2. The van der Waals surface area contributed by atoms with Crippen LogP contribution in [0, 0.1) is 0 Å². The van der Waals surface area contributed by atoms with Crippen molar-refractivity contribution in [3.63, 3.8) is 0 Å². The average Bonchev–Trinajstić information content (AvgIpc) is 2.70. The highest BCUT2D eigenvalue weighted by molar-refractivity contribution is 7.99. The summed E-state index contributed by atoms with van der Waals surface area (Å²) in [6, 6.07) is 17.2. The summed E-state index contributed by atoms with van der Waals surface area (Å²) in [6.07, 6.45) is 1.28. The van der Waals surface area contributed by atoms with E-state index in [2.05, 4.69) is 5.32 Å². The Labute approximate surface area is 195 Å². The summed E-state index contributed by atoms with van der Waals surface area (Å²) in [5.41, 5.74) is 1.89. The van der Waals surface area contributed by atoms with Crippen molar-refractivity contribution >= 4 is 35.2 Å². The molecule has 31 heavy (non-hydrogen) atoms. The smallest absolute Gasteiger partial charge is 0.243 e. The maximum absolute atomic E-state index is 13.2. The first-order valence-electron chi connectivity index (χ1n) is 10.7. The fourth-order valence-electron chi connectivity index (χ4n) is 3.31. The third-order valence-electron chi connectivity index (χ3n) is 4.75. The number of carbonyl (C=O) groups excluding carboxylic acids is 2. The molecule has 1 atom stereocenters. The van der Waals surface area contributed by atoms with E-state index >= 15 is 0 Å². The lowest BCUT2D eigenvalue weighted by atomic mass is 10.1. The van der Waals surface area contributed by atoms with E-state index in [0.717, 1.165) is 11.1 Å². The summed E-state index contributed by atoms with van der Waals surface area (Å²) >= 11 is 7.60. The van der Waals surface area contributed by atoms with E-state index in [-0.39, 0.29) is 17.4 Å². The summed E-state index contributed by atoms with van der Waals surface area (Å²) in [7, 11) is 0. The predicted molar refractivity (Wildman–Crippen MR) is 131 cm³/mol. The molecule has 0 aliphatic heterocycles. The van der Waals surface area contributed by atoms with Crippen molar-refractivity contribution in [1.29, 1.82) is 0 Å². The number of rotatable bonds is 10. The first-order valence-corrected chi connectivity index (χ1v) is 12.2. The van der Waals surface area contributed by atoms with Gasteiger partial charge in [-0.2, -0.15) is 0 Å². The van der Waals surface area contributed by atoms with Crippen molar-refractivity contribution in [2.75, 3.05) is 12.3 Å². The lowest BCUT2D eigenvalue weighted by molar-refractivity contribution is -0.139. The molecule has 2 aromatic rings. The predicted octanol–water partition coefficient (Wildman–Crippen LogP) is 5.34. The number of carbonyl (C=O) groups is 2. The molecule has 0 unspecified atom stereocenters. The van der Waals surface area contributed by atoms with Gasteiger partial charge in [-0.15, -0.1) is 11.8 Å². The van der Waals surface area contributed by atoms with Crippen LogP contribution in [0.25, 0.3) is 0 Å². The van der Waals surface area contributed by atoms with Crippen LogP contribution in [-0.2, 0) is 21.8 Å². The van der Waals surface area contributed by atoms with Crippen molar-refractivity contribution in [3.8, 4) is 0 Å². The molecule has 0 radical (unpaired) electrons. The minimum atomic E-state index is -0.484. The molecular formula is C25H33ClN2O2S. The highest BCUT2D eigenvalue weighted by atomic mass is 35.5. The fraction of sp³-hybridized carbons (Fsp3) is 0.440. The van der Waals surface area contributed by atoms with E-state index in [9.17, 15) is 9.59 Å². The fourth-order valence-corrected chi connectivity index (χ4v) is 4.39. The van der Waals surface area contributed by atoms with E-state index in [0.29, 0.717) is 35.9 Å². The molecule has 2 aromatic carbocycles. The third-order valence-corrected chi connectivity index (χ3v) is 5.98. The molecule has 0 saturated heterocycles. The number of hydrogen-bond donors (Lipinski definition) is 1. The van der Waals surface area contributed by atoms with Crippen LogP contribution >= 0.6 is 23.4 Å². The maximum atomic E-state index is 13.2. The zero-order chi connectivity index (χ0) is 22.9. The van der Waals surface area contributed by atoms with Gasteiger partial charge in [0.2, 0.25) is 11.8 Å². The number of hydrogen-bond acceptors (Lipinski definition) is 3. The Morgan fingerprint density at radius 3 is 2.35 bits per heavy atom. The van der Waals surface area contributed by atoms with Crippen LogP contribution in [0.2, 0.25) is 5.02 Å². The molecule has 2 rings (SSSR count). The second-order valence-corrected chi connectivity index (χ2v) is 10.0. The minimum Gasteiger partial charge on any atom is -0.350 e. The summed E-state index contributed by atoms with van der Waals surface area (Å²) in [6.45, 7) is 8.32. The zero-order valence-electron chi connectivity index (χ0n) is 18.9. The largest absolute Gasteiger partial charge is 0.350 e. The monoisotopic (exact) mass is 460 g/mol. The minimum absolute atomic E-state index is 0.0149. The van der Waals surface area contributed by atoms with Crippen LogP contribution in [0.4, 0.5) is 0 Å². The molecule has 0 bridgehead atoms. The van der Waals surface area contributed by atoms with Gasteiger partial charge in [0.05, 0.1) is 5.75 Å². The Bertz CT molecular complexity index is 852. The van der Waals surface area contributed by atoms with E-state index in [1.54, 1.807) is 16.7 Å². The van der Waals surface area contributed by atoms with Crippen LogP contribution in [0.3, 0.4) is 0 Å². The Morgan fingerprint density at radius 2 is 1.74 bits per heavy atom. The molecule has 2 amide bonds. The Morgan fingerprint density at radius 1 is 1.06 bits per heavy atom. The van der Waals surface area contributed by atoms with Crippen LogP contribution < -0.4 is 5.32 Å². The average molecular weight is 461 g/mol. The summed E-state index contributed by atoms with van der Waals surface area (Å²) < 4.78 is 0. The first-order chi connectivity index (χ1) is 14.7. The van der Waals surface area contributed by atoms with Gasteiger partial charge in [-0.25, -0.2) is 0 Å². The van der Waals surface area contributed by atoms with Gasteiger partial charge < -0.3 is 10.2 Å². The quantitative estimate of drug-likeness (QED) is 0.520. The normalized spacial score (nSPS) is 12.3. The van der Waals surface area contributed by atoms with Crippen molar-refractivity contribution < 1.29 is 9.59 Å². The molecule has 1 N–H and O–H groups in total. The molecule has 0 heterocycles. The van der Waals surface area contributed by atoms with Crippen molar-refractivity contribution in [3.05, 3.63) is 70.7 Å². The van der Waals surface area contributed by atoms with Gasteiger partial charge in [-0.1, -0.05) is 61.0 Å². The van der Waals surface area contributed by atoms with Gasteiger partial charge in [-0.05, 0) is 56.9 Å². The SMILES string of the molecule is CC[C@@H](C(=O)NC(C)(C)C)N(CCc1ccccc1)C(=O)CSCc1cccc(Cl)c1. The van der Waals surface area contributed by atoms with E-state index in [4.69, 9.17) is 11.6 Å². The maximum Gasteiger partial charge on any atom is 0.243 e. The summed E-state index contributed by atoms with van der Waals surface area (Å²) in [5, 5.41) is 3.73. The molecule has 0 fully saturated rings. The van der Waals surface area contributed by atoms with E-state index in [1.807, 2.05) is 82.3 Å². The van der Waals surface area contributed by atoms with Crippen molar-refractivity contribution in [2.45, 2.75) is 57.9 Å². The van der Waals surface area contributed by atoms with Crippen molar-refractivity contribution in [1.82, 2.24) is 10.2 Å². The van der Waals surface area contributed by atoms with Gasteiger partial charge in [0, 0.05) is 22.9 Å². The van der Waals surface area contributed by atoms with Crippen molar-refractivity contribution in [2.24, 2.45) is 0 Å². The van der Waals surface area contributed by atoms with Crippen LogP contribution in [-0.4, -0.2) is 40.6 Å². The molecule has 0 saturated carbocycles. The van der Waals surface area contributed by atoms with E-state index < -0.39 is 6.04 Å². The lowest BCUT2D eigenvalue weighted by Gasteiger charge is -2.33. The van der Waals surface area contributed by atoms with Gasteiger partial charge in [-0.3, -0.25) is 9.59 Å². The molecule has 0 aliphatic carbocycles. The highest BCUT2D eigenvalue weighted by Crippen LogP contribution is 2.18. The highest BCUT2D eigenvalue weighted by Gasteiger charge is 2.30. The van der Waals surface area contributed by atoms with Crippen LogP contribution in [0.5, 0.6) is 0 Å². The van der Waals surface area contributed by atoms with Gasteiger partial charge >= 0.3 is 0 Å². The molecule has 0 aliphatic rings. The van der Waals surface area contributed by atoms with E-state index in [1.165, 1.54) is 0 Å². The molecule has 6 heteroatoms. The molecule has 0 spiro atoms. The Hall–Kier alpha value is -1.98. The molecule has 168 valence electrons. The van der Waals surface area contributed by atoms with Gasteiger partial charge in [0.15, 0.2) is 0 Å². The molecule has 4 nitrogen and oxygen atoms in total. The number of thioether (sulfide) groups is 1. The number of nitrogens with one attached hydrogen (secondary N) is 1. The number of benzene rings is 2. The second kappa shape index (κ2) is 12.2. The van der Waals surface area contributed by atoms with Crippen LogP contribution in [0.15, 0.2) is 54.6 Å². The molecule has 0 aromatic heterocycles. The Balaban J connectivity index is 2.08. The number of nitrogens with zero attached hydrogens (tertiary/aromatic N) is 1. The van der Waals surface area contributed by atoms with Gasteiger partial charge in [0.1, 0.15) is 6.04 Å². The lowest BCUT2D eigenvalue weighted by Crippen LogP contribution is -2.54. The van der Waals surface area contributed by atoms with Gasteiger partial charge in [0.25, 0.3) is 0 Å². The number of halogens is 1. The topological polar surface area (TPSA) is 49.4 Å².